The molecule has 0 spiro atoms. The van der Waals surface area contributed by atoms with Crippen molar-refractivity contribution >= 4 is 23.6 Å². The van der Waals surface area contributed by atoms with Crippen molar-refractivity contribution in [3.8, 4) is 0 Å². The van der Waals surface area contributed by atoms with Gasteiger partial charge in [0.25, 0.3) is 0 Å². The van der Waals surface area contributed by atoms with Gasteiger partial charge in [0.05, 0.1) is 25.1 Å². The van der Waals surface area contributed by atoms with Gasteiger partial charge in [-0.1, -0.05) is 11.8 Å². The Morgan fingerprint density at radius 2 is 2.04 bits per heavy atom. The number of thioether (sulfide) groups is 1. The molecule has 1 aromatic rings. The monoisotopic (exact) mass is 425 g/mol. The van der Waals surface area contributed by atoms with E-state index >= 15 is 0 Å². The van der Waals surface area contributed by atoms with Gasteiger partial charge in [-0.2, -0.15) is 13.2 Å². The maximum Gasteiger partial charge on any atom is 0.406 e. The molecule has 0 radical (unpaired) electrons. The summed E-state index contributed by atoms with van der Waals surface area (Å²) in [6.07, 6.45) is -3.62. The van der Waals surface area contributed by atoms with Gasteiger partial charge in [0, 0.05) is 26.2 Å². The average molecular weight is 425 g/mol. The molecule has 1 aromatic heterocycles. The van der Waals surface area contributed by atoms with Crippen LogP contribution in [0.25, 0.3) is 0 Å². The van der Waals surface area contributed by atoms with Crippen LogP contribution in [0.1, 0.15) is 20.3 Å². The van der Waals surface area contributed by atoms with E-state index in [4.69, 9.17) is 9.47 Å². The molecule has 12 heteroatoms. The SMILES string of the molecule is CC(C)OCCCNC(=O)CSc1nnc(N2CCOCC2)n1CC(F)(F)F. The largest absolute Gasteiger partial charge is 0.406 e. The molecule has 2 heterocycles. The van der Waals surface area contributed by atoms with E-state index in [0.717, 1.165) is 16.3 Å². The highest BCUT2D eigenvalue weighted by Gasteiger charge is 2.33. The molecule has 0 unspecified atom stereocenters. The summed E-state index contributed by atoms with van der Waals surface area (Å²) in [6.45, 7) is 5.36. The van der Waals surface area contributed by atoms with Crippen molar-refractivity contribution in [2.24, 2.45) is 0 Å². The summed E-state index contributed by atoms with van der Waals surface area (Å²) < 4.78 is 50.7. The molecule has 1 aliphatic rings. The normalized spacial score (nSPS) is 15.3. The van der Waals surface area contributed by atoms with Crippen LogP contribution < -0.4 is 10.2 Å². The Kier molecular flexibility index (Phi) is 8.83. The lowest BCUT2D eigenvalue weighted by Gasteiger charge is -2.28. The summed E-state index contributed by atoms with van der Waals surface area (Å²) >= 11 is 0.938. The van der Waals surface area contributed by atoms with Gasteiger partial charge in [-0.05, 0) is 20.3 Å². The van der Waals surface area contributed by atoms with Gasteiger partial charge in [0.1, 0.15) is 6.54 Å². The molecular formula is C16H26F3N5O3S. The zero-order chi connectivity index (χ0) is 20.6. The maximum atomic E-state index is 13.0. The number of anilines is 1. The minimum Gasteiger partial charge on any atom is -0.379 e. The average Bonchev–Trinajstić information content (AvgIpc) is 3.01. The number of halogens is 3. The van der Waals surface area contributed by atoms with Crippen LogP contribution in [0.2, 0.25) is 0 Å². The summed E-state index contributed by atoms with van der Waals surface area (Å²) in [5, 5.41) is 10.6. The van der Waals surface area contributed by atoms with Gasteiger partial charge in [-0.25, -0.2) is 0 Å². The molecule has 1 amide bonds. The molecule has 1 aliphatic heterocycles. The Hall–Kier alpha value is -1.53. The highest BCUT2D eigenvalue weighted by atomic mass is 32.2. The second-order valence-electron chi connectivity index (χ2n) is 6.50. The first-order valence-corrected chi connectivity index (χ1v) is 10.1. The number of nitrogens with zero attached hydrogens (tertiary/aromatic N) is 4. The maximum absolute atomic E-state index is 13.0. The molecule has 0 atom stereocenters. The molecule has 8 nitrogen and oxygen atoms in total. The van der Waals surface area contributed by atoms with E-state index in [-0.39, 0.29) is 28.9 Å². The van der Waals surface area contributed by atoms with E-state index in [1.54, 1.807) is 4.90 Å². The summed E-state index contributed by atoms with van der Waals surface area (Å²) in [5.74, 6) is -0.164. The number of rotatable bonds is 10. The standard InChI is InChI=1S/C16H26F3N5O3S/c1-12(2)27-7-3-4-20-13(25)10-28-15-22-21-14(23-5-8-26-9-6-23)24(15)11-16(17,18)19/h12H,3-11H2,1-2H3,(H,20,25). The Morgan fingerprint density at radius 1 is 1.32 bits per heavy atom. The third kappa shape index (κ3) is 7.84. The predicted octanol–water partition coefficient (Wildman–Crippen LogP) is 1.70. The van der Waals surface area contributed by atoms with E-state index in [9.17, 15) is 18.0 Å². The van der Waals surface area contributed by atoms with Crippen LogP contribution in [0, 0.1) is 0 Å². The summed E-state index contributed by atoms with van der Waals surface area (Å²) in [6, 6.07) is 0. The first kappa shape index (κ1) is 22.8. The molecule has 0 aliphatic carbocycles. The van der Waals surface area contributed by atoms with Crippen molar-refractivity contribution in [1.29, 1.82) is 0 Å². The van der Waals surface area contributed by atoms with Crippen LogP contribution in [0.15, 0.2) is 5.16 Å². The summed E-state index contributed by atoms with van der Waals surface area (Å²) in [4.78, 5) is 13.6. The van der Waals surface area contributed by atoms with Gasteiger partial charge >= 0.3 is 6.18 Å². The molecule has 1 saturated heterocycles. The number of carbonyl (C=O) groups is 1. The van der Waals surface area contributed by atoms with Gasteiger partial charge in [0.15, 0.2) is 5.16 Å². The zero-order valence-corrected chi connectivity index (χ0v) is 16.8. The number of hydrogen-bond acceptors (Lipinski definition) is 7. The minimum absolute atomic E-state index is 0.0376. The number of ether oxygens (including phenoxy) is 2. The Morgan fingerprint density at radius 3 is 2.68 bits per heavy atom. The van der Waals surface area contributed by atoms with E-state index in [1.807, 2.05) is 13.8 Å². The van der Waals surface area contributed by atoms with Gasteiger partial charge in [-0.3, -0.25) is 9.36 Å². The molecule has 0 aromatic carbocycles. The van der Waals surface area contributed by atoms with Crippen LogP contribution in [0.3, 0.4) is 0 Å². The van der Waals surface area contributed by atoms with Crippen molar-refractivity contribution in [3.63, 3.8) is 0 Å². The second kappa shape index (κ2) is 10.9. The summed E-state index contributed by atoms with van der Waals surface area (Å²) in [5.41, 5.74) is 0. The number of hydrogen-bond donors (Lipinski definition) is 1. The third-order valence-electron chi connectivity index (χ3n) is 3.76. The van der Waals surface area contributed by atoms with E-state index < -0.39 is 12.7 Å². The van der Waals surface area contributed by atoms with E-state index in [2.05, 4.69) is 15.5 Å². The van der Waals surface area contributed by atoms with Crippen molar-refractivity contribution in [2.75, 3.05) is 50.1 Å². The smallest absolute Gasteiger partial charge is 0.379 e. The number of alkyl halides is 3. The van der Waals surface area contributed by atoms with Gasteiger partial charge < -0.3 is 19.7 Å². The fraction of sp³-hybridized carbons (Fsp3) is 0.812. The molecule has 0 bridgehead atoms. The summed E-state index contributed by atoms with van der Waals surface area (Å²) in [7, 11) is 0. The molecule has 1 fully saturated rings. The van der Waals surface area contributed by atoms with Crippen LogP contribution in [-0.2, 0) is 20.8 Å². The number of carbonyl (C=O) groups excluding carboxylic acids is 1. The Bertz CT molecular complexity index is 621. The predicted molar refractivity (Wildman–Crippen MR) is 98.5 cm³/mol. The molecule has 160 valence electrons. The van der Waals surface area contributed by atoms with Crippen molar-refractivity contribution in [1.82, 2.24) is 20.1 Å². The van der Waals surface area contributed by atoms with E-state index in [1.165, 1.54) is 0 Å². The zero-order valence-electron chi connectivity index (χ0n) is 16.0. The fourth-order valence-electron chi connectivity index (χ4n) is 2.50. The second-order valence-corrected chi connectivity index (χ2v) is 7.44. The Balaban J connectivity index is 1.91. The Labute approximate surface area is 166 Å². The highest BCUT2D eigenvalue weighted by Crippen LogP contribution is 2.27. The van der Waals surface area contributed by atoms with Gasteiger partial charge in [0.2, 0.25) is 11.9 Å². The lowest BCUT2D eigenvalue weighted by atomic mass is 10.4. The lowest BCUT2D eigenvalue weighted by molar-refractivity contribution is -0.141. The van der Waals surface area contributed by atoms with Gasteiger partial charge in [-0.15, -0.1) is 10.2 Å². The quantitative estimate of drug-likeness (QED) is 0.451. The van der Waals surface area contributed by atoms with Crippen LogP contribution in [-0.4, -0.2) is 78.2 Å². The van der Waals surface area contributed by atoms with Crippen LogP contribution in [0.4, 0.5) is 19.1 Å². The van der Waals surface area contributed by atoms with E-state index in [0.29, 0.717) is 45.9 Å². The lowest BCUT2D eigenvalue weighted by Crippen LogP contribution is -2.38. The molecule has 0 saturated carbocycles. The highest BCUT2D eigenvalue weighted by molar-refractivity contribution is 7.99. The fourth-order valence-corrected chi connectivity index (χ4v) is 3.27. The first-order chi connectivity index (χ1) is 13.3. The molecular weight excluding hydrogens is 399 g/mol. The number of nitrogens with one attached hydrogen (secondary N) is 1. The van der Waals surface area contributed by atoms with Crippen molar-refractivity contribution in [3.05, 3.63) is 0 Å². The van der Waals surface area contributed by atoms with Crippen molar-refractivity contribution in [2.45, 2.75) is 44.2 Å². The topological polar surface area (TPSA) is 81.5 Å². The third-order valence-corrected chi connectivity index (χ3v) is 4.72. The number of morpholine rings is 1. The molecule has 28 heavy (non-hydrogen) atoms. The molecule has 2 rings (SSSR count). The van der Waals surface area contributed by atoms with Crippen molar-refractivity contribution < 1.29 is 27.4 Å². The first-order valence-electron chi connectivity index (χ1n) is 9.10. The molecule has 1 N–H and O–H groups in total. The van der Waals surface area contributed by atoms with Crippen LogP contribution >= 0.6 is 11.8 Å². The number of amides is 1. The minimum atomic E-state index is -4.42. The number of aromatic nitrogens is 3. The van der Waals surface area contributed by atoms with Crippen LogP contribution in [0.5, 0.6) is 0 Å².